The van der Waals surface area contributed by atoms with Crippen molar-refractivity contribution in [3.63, 3.8) is 0 Å². The number of imide groups is 1. The molecular formula is C25H27FN6O2S2. The number of guanidine groups is 1. The number of likely N-dealkylation sites (tertiary alicyclic amines) is 1. The molecule has 2 amide bonds. The van der Waals surface area contributed by atoms with Gasteiger partial charge >= 0.3 is 0 Å². The highest BCUT2D eigenvalue weighted by Gasteiger charge is 2.28. The predicted molar refractivity (Wildman–Crippen MR) is 141 cm³/mol. The Morgan fingerprint density at radius 1 is 1.25 bits per heavy atom. The number of pyridine rings is 1. The van der Waals surface area contributed by atoms with Gasteiger partial charge in [0.2, 0.25) is 5.96 Å². The van der Waals surface area contributed by atoms with E-state index in [0.29, 0.717) is 35.3 Å². The Bertz CT molecular complexity index is 1240. The van der Waals surface area contributed by atoms with Crippen molar-refractivity contribution in [2.24, 2.45) is 10.9 Å². The molecule has 0 radical (unpaired) electrons. The number of allylic oxidation sites excluding steroid dienone is 1. The van der Waals surface area contributed by atoms with Crippen molar-refractivity contribution in [1.82, 2.24) is 25.4 Å². The Kier molecular flexibility index (Phi) is 7.49. The monoisotopic (exact) mass is 526 g/mol. The van der Waals surface area contributed by atoms with Crippen LogP contribution in [0.2, 0.25) is 0 Å². The maximum Gasteiger partial charge on any atom is 0.290 e. The molecule has 188 valence electrons. The number of hydrogen-bond acceptors (Lipinski definition) is 9. The van der Waals surface area contributed by atoms with Crippen LogP contribution in [0.15, 0.2) is 56.7 Å². The molecule has 0 bridgehead atoms. The molecule has 11 heteroatoms. The molecule has 0 unspecified atom stereocenters. The van der Waals surface area contributed by atoms with E-state index in [-0.39, 0.29) is 17.0 Å². The smallest absolute Gasteiger partial charge is 0.290 e. The first kappa shape index (κ1) is 24.7. The van der Waals surface area contributed by atoms with E-state index < -0.39 is 0 Å². The summed E-state index contributed by atoms with van der Waals surface area (Å²) in [5.41, 5.74) is 2.94. The zero-order valence-corrected chi connectivity index (χ0v) is 21.5. The van der Waals surface area contributed by atoms with Crippen molar-refractivity contribution in [2.75, 3.05) is 33.2 Å². The molecule has 5 heterocycles. The van der Waals surface area contributed by atoms with Crippen molar-refractivity contribution in [3.8, 4) is 11.3 Å². The van der Waals surface area contributed by atoms with Gasteiger partial charge in [-0.2, -0.15) is 11.3 Å². The number of hydrogen-bond donors (Lipinski definition) is 2. The zero-order valence-electron chi connectivity index (χ0n) is 19.9. The van der Waals surface area contributed by atoms with Crippen LogP contribution >= 0.6 is 23.1 Å². The summed E-state index contributed by atoms with van der Waals surface area (Å²) in [5, 5.41) is 9.33. The fraction of sp³-hybridized carbons (Fsp3) is 0.360. The molecule has 2 N–H and O–H groups in total. The fourth-order valence-corrected chi connectivity index (χ4v) is 5.74. The van der Waals surface area contributed by atoms with Gasteiger partial charge in [0.05, 0.1) is 22.0 Å². The number of likely N-dealkylation sites (N-methyl/N-ethyl adjacent to an activating group) is 1. The van der Waals surface area contributed by atoms with Gasteiger partial charge in [0.1, 0.15) is 5.82 Å². The van der Waals surface area contributed by atoms with Crippen LogP contribution in [-0.4, -0.2) is 65.1 Å². The van der Waals surface area contributed by atoms with Crippen molar-refractivity contribution in [3.05, 3.63) is 63.2 Å². The van der Waals surface area contributed by atoms with Gasteiger partial charge in [-0.05, 0) is 72.8 Å². The standard InChI is InChI=1S/C25H27FN6O2S2/c1-31-8-6-18(12-22-23(33)30-25(34)36-22)28-24(31)32-9-4-16(5-10-32)13-27-14-21-19(26)2-3-20(29-21)17-7-11-35-15-17/h2-3,6-7,11-12,15-16,27H,4-5,8-10,13-14H2,1H3,(H,30,33,34)/b22-12-. The van der Waals surface area contributed by atoms with Crippen molar-refractivity contribution in [1.29, 1.82) is 0 Å². The third kappa shape index (κ3) is 5.69. The molecule has 3 aliphatic heterocycles. The molecule has 8 nitrogen and oxygen atoms in total. The van der Waals surface area contributed by atoms with Crippen LogP contribution in [0.5, 0.6) is 0 Å². The summed E-state index contributed by atoms with van der Waals surface area (Å²) in [4.78, 5) is 37.3. The lowest BCUT2D eigenvalue weighted by Gasteiger charge is -2.38. The molecule has 2 aromatic heterocycles. The predicted octanol–water partition coefficient (Wildman–Crippen LogP) is 3.80. The minimum absolute atomic E-state index is 0.286. The second-order valence-corrected chi connectivity index (χ2v) is 10.8. The Morgan fingerprint density at radius 3 is 2.81 bits per heavy atom. The molecule has 0 aliphatic carbocycles. The van der Waals surface area contributed by atoms with Gasteiger partial charge in [0.15, 0.2) is 0 Å². The number of thiophene rings is 1. The maximum atomic E-state index is 14.3. The van der Waals surface area contributed by atoms with Crippen LogP contribution in [-0.2, 0) is 11.3 Å². The quantitative estimate of drug-likeness (QED) is 0.554. The number of carbonyl (C=O) groups excluding carboxylic acids is 2. The van der Waals surface area contributed by atoms with E-state index in [1.807, 2.05) is 30.0 Å². The van der Waals surface area contributed by atoms with E-state index >= 15 is 0 Å². The van der Waals surface area contributed by atoms with Gasteiger partial charge in [-0.1, -0.05) is 0 Å². The van der Waals surface area contributed by atoms with Crippen molar-refractivity contribution >= 4 is 40.2 Å². The normalized spacial score (nSPS) is 20.1. The van der Waals surface area contributed by atoms with Crippen LogP contribution in [0.3, 0.4) is 0 Å². The van der Waals surface area contributed by atoms with Crippen LogP contribution in [0, 0.1) is 11.7 Å². The van der Waals surface area contributed by atoms with Gasteiger partial charge in [-0.3, -0.25) is 14.9 Å². The third-order valence-corrected chi connectivity index (χ3v) is 7.92. The minimum Gasteiger partial charge on any atom is -0.343 e. The van der Waals surface area contributed by atoms with Gasteiger partial charge in [0.25, 0.3) is 11.1 Å². The molecule has 5 rings (SSSR count). The Morgan fingerprint density at radius 2 is 2.08 bits per heavy atom. The number of piperidine rings is 1. The zero-order chi connectivity index (χ0) is 25.1. The van der Waals surface area contributed by atoms with Crippen LogP contribution in [0.4, 0.5) is 9.18 Å². The Hall–Kier alpha value is -3.02. The average Bonchev–Trinajstić information content (AvgIpc) is 3.52. The topological polar surface area (TPSA) is 89.9 Å². The lowest BCUT2D eigenvalue weighted by atomic mass is 9.97. The summed E-state index contributed by atoms with van der Waals surface area (Å²) in [7, 11) is 2.00. The Labute approximate surface area is 217 Å². The lowest BCUT2D eigenvalue weighted by molar-refractivity contribution is -0.115. The van der Waals surface area contributed by atoms with Crippen LogP contribution in [0.25, 0.3) is 11.3 Å². The SMILES string of the molecule is CN1CC=C(/C=C2\SC(=O)NC2=O)N=C1N1CCC(CNCc2nc(-c3ccsc3)ccc2F)CC1. The highest BCUT2D eigenvalue weighted by atomic mass is 32.2. The first-order valence-corrected chi connectivity index (χ1v) is 13.6. The first-order chi connectivity index (χ1) is 17.5. The number of aliphatic imine (C=N–C) groups is 1. The Balaban J connectivity index is 1.13. The average molecular weight is 527 g/mol. The van der Waals surface area contributed by atoms with E-state index in [0.717, 1.165) is 61.5 Å². The third-order valence-electron chi connectivity index (χ3n) is 6.42. The highest BCUT2D eigenvalue weighted by molar-refractivity contribution is 8.18. The largest absolute Gasteiger partial charge is 0.343 e. The number of nitrogens with one attached hydrogen (secondary N) is 2. The van der Waals surface area contributed by atoms with E-state index in [1.165, 1.54) is 6.07 Å². The summed E-state index contributed by atoms with van der Waals surface area (Å²) < 4.78 is 14.3. The second kappa shape index (κ2) is 10.9. The number of carbonyl (C=O) groups is 2. The van der Waals surface area contributed by atoms with Gasteiger partial charge in [0, 0.05) is 44.2 Å². The second-order valence-electron chi connectivity index (χ2n) is 8.97. The number of thioether (sulfide) groups is 1. The van der Waals surface area contributed by atoms with E-state index in [1.54, 1.807) is 23.5 Å². The van der Waals surface area contributed by atoms with Gasteiger partial charge < -0.3 is 15.1 Å². The maximum absolute atomic E-state index is 14.3. The van der Waals surface area contributed by atoms with E-state index in [4.69, 9.17) is 4.99 Å². The van der Waals surface area contributed by atoms with Gasteiger partial charge in [-0.25, -0.2) is 14.4 Å². The molecule has 2 aromatic rings. The van der Waals surface area contributed by atoms with E-state index in [9.17, 15) is 14.0 Å². The first-order valence-electron chi connectivity index (χ1n) is 11.8. The summed E-state index contributed by atoms with van der Waals surface area (Å²) >= 11 is 2.50. The molecule has 3 aliphatic rings. The van der Waals surface area contributed by atoms with Gasteiger partial charge in [-0.15, -0.1) is 0 Å². The van der Waals surface area contributed by atoms with E-state index in [2.05, 4.69) is 25.4 Å². The molecule has 2 saturated heterocycles. The number of nitrogens with zero attached hydrogens (tertiary/aromatic N) is 4. The summed E-state index contributed by atoms with van der Waals surface area (Å²) in [5.74, 6) is 0.706. The number of amides is 2. The fourth-order valence-electron chi connectivity index (χ4n) is 4.43. The molecule has 0 aromatic carbocycles. The van der Waals surface area contributed by atoms with Crippen LogP contribution < -0.4 is 10.6 Å². The minimum atomic E-state index is -0.372. The summed E-state index contributed by atoms with van der Waals surface area (Å²) in [6.07, 6.45) is 5.62. The number of rotatable bonds is 6. The summed E-state index contributed by atoms with van der Waals surface area (Å²) in [6, 6.07) is 5.20. The molecule has 0 saturated carbocycles. The molecule has 2 fully saturated rings. The van der Waals surface area contributed by atoms with Crippen molar-refractivity contribution in [2.45, 2.75) is 19.4 Å². The molecule has 36 heavy (non-hydrogen) atoms. The molecular weight excluding hydrogens is 499 g/mol. The molecule has 0 atom stereocenters. The molecule has 0 spiro atoms. The highest BCUT2D eigenvalue weighted by Crippen LogP contribution is 2.27. The lowest BCUT2D eigenvalue weighted by Crippen LogP contribution is -2.48. The van der Waals surface area contributed by atoms with Crippen LogP contribution in [0.1, 0.15) is 18.5 Å². The number of halogens is 1. The van der Waals surface area contributed by atoms with Crippen molar-refractivity contribution < 1.29 is 14.0 Å². The summed E-state index contributed by atoms with van der Waals surface area (Å²) in [6.45, 7) is 3.62. The number of aromatic nitrogens is 1.